The topological polar surface area (TPSA) is 50.4 Å². The van der Waals surface area contributed by atoms with E-state index in [1.165, 1.54) is 0 Å². The van der Waals surface area contributed by atoms with Crippen molar-refractivity contribution in [1.29, 1.82) is 0 Å². The number of nitrogens with one attached hydrogen (secondary N) is 2. The molecule has 1 rings (SSSR count). The zero-order valence-electron chi connectivity index (χ0n) is 9.71. The summed E-state index contributed by atoms with van der Waals surface area (Å²) < 4.78 is 5.37. The predicted molar refractivity (Wildman–Crippen MR) is 59.7 cm³/mol. The third-order valence-electron chi connectivity index (χ3n) is 2.37. The van der Waals surface area contributed by atoms with Crippen LogP contribution in [0.4, 0.5) is 0 Å². The largest absolute Gasteiger partial charge is 0.379 e. The molecule has 0 aromatic rings. The number of amides is 1. The second-order valence-corrected chi connectivity index (χ2v) is 4.41. The lowest BCUT2D eigenvalue weighted by Crippen LogP contribution is -2.41. The molecule has 1 saturated heterocycles. The molecular formula is C11H22N2O2. The van der Waals surface area contributed by atoms with E-state index >= 15 is 0 Å². The minimum Gasteiger partial charge on any atom is -0.379 e. The molecule has 88 valence electrons. The van der Waals surface area contributed by atoms with Gasteiger partial charge in [-0.1, -0.05) is 13.8 Å². The maximum Gasteiger partial charge on any atom is 0.237 e. The monoisotopic (exact) mass is 214 g/mol. The Morgan fingerprint density at radius 2 is 2.40 bits per heavy atom. The van der Waals surface area contributed by atoms with Crippen LogP contribution in [0.15, 0.2) is 0 Å². The summed E-state index contributed by atoms with van der Waals surface area (Å²) in [4.78, 5) is 11.5. The van der Waals surface area contributed by atoms with Gasteiger partial charge in [-0.3, -0.25) is 4.79 Å². The first-order chi connectivity index (χ1) is 7.20. The SMILES string of the molecule is CC(C)COCCNC(=O)[C@H]1CCCN1. The fraction of sp³-hybridized carbons (Fsp3) is 0.909. The number of carbonyl (C=O) groups excluding carboxylic acids is 1. The third-order valence-corrected chi connectivity index (χ3v) is 2.37. The van der Waals surface area contributed by atoms with E-state index in [4.69, 9.17) is 4.74 Å². The predicted octanol–water partition coefficient (Wildman–Crippen LogP) is 0.527. The summed E-state index contributed by atoms with van der Waals surface area (Å²) in [5.74, 6) is 0.665. The van der Waals surface area contributed by atoms with E-state index in [1.807, 2.05) is 0 Å². The molecule has 0 spiro atoms. The van der Waals surface area contributed by atoms with Crippen LogP contribution >= 0.6 is 0 Å². The van der Waals surface area contributed by atoms with Crippen molar-refractivity contribution >= 4 is 5.91 Å². The van der Waals surface area contributed by atoms with Crippen LogP contribution in [0.1, 0.15) is 26.7 Å². The van der Waals surface area contributed by atoms with Gasteiger partial charge in [0.05, 0.1) is 12.6 Å². The molecule has 0 aromatic carbocycles. The van der Waals surface area contributed by atoms with Gasteiger partial charge in [0.1, 0.15) is 0 Å². The molecule has 1 atom stereocenters. The van der Waals surface area contributed by atoms with Gasteiger partial charge in [0.15, 0.2) is 0 Å². The van der Waals surface area contributed by atoms with Crippen molar-refractivity contribution in [2.45, 2.75) is 32.7 Å². The molecule has 0 radical (unpaired) electrons. The minimum absolute atomic E-state index is 0.0232. The number of carbonyl (C=O) groups is 1. The Balaban J connectivity index is 1.97. The molecule has 4 heteroatoms. The Kier molecular flexibility index (Phi) is 5.65. The molecule has 0 aromatic heterocycles. The van der Waals surface area contributed by atoms with Crippen LogP contribution in [0.25, 0.3) is 0 Å². The van der Waals surface area contributed by atoms with Crippen LogP contribution in [-0.2, 0) is 9.53 Å². The Hall–Kier alpha value is -0.610. The third kappa shape index (κ3) is 5.14. The summed E-state index contributed by atoms with van der Waals surface area (Å²) in [6.07, 6.45) is 2.06. The lowest BCUT2D eigenvalue weighted by molar-refractivity contribution is -0.123. The molecule has 1 aliphatic heterocycles. The lowest BCUT2D eigenvalue weighted by Gasteiger charge is -2.11. The Morgan fingerprint density at radius 3 is 3.00 bits per heavy atom. The van der Waals surface area contributed by atoms with E-state index in [9.17, 15) is 4.79 Å². The summed E-state index contributed by atoms with van der Waals surface area (Å²) in [5, 5.41) is 6.03. The van der Waals surface area contributed by atoms with Gasteiger partial charge in [0.25, 0.3) is 0 Å². The molecule has 0 saturated carbocycles. The molecule has 15 heavy (non-hydrogen) atoms. The molecule has 1 aliphatic rings. The van der Waals surface area contributed by atoms with Gasteiger partial charge >= 0.3 is 0 Å². The van der Waals surface area contributed by atoms with Crippen molar-refractivity contribution in [2.75, 3.05) is 26.3 Å². The van der Waals surface area contributed by atoms with E-state index < -0.39 is 0 Å². The summed E-state index contributed by atoms with van der Waals surface area (Å²) in [6, 6.07) is 0.0232. The number of ether oxygens (including phenoxy) is 1. The maximum absolute atomic E-state index is 11.5. The van der Waals surface area contributed by atoms with Crippen LogP contribution < -0.4 is 10.6 Å². The second kappa shape index (κ2) is 6.80. The zero-order valence-corrected chi connectivity index (χ0v) is 9.71. The van der Waals surface area contributed by atoms with Crippen LogP contribution in [0.3, 0.4) is 0 Å². The number of hydrogen-bond acceptors (Lipinski definition) is 3. The molecule has 0 unspecified atom stereocenters. The molecule has 2 N–H and O–H groups in total. The molecule has 0 aliphatic carbocycles. The fourth-order valence-corrected chi connectivity index (χ4v) is 1.60. The molecular weight excluding hydrogens is 192 g/mol. The summed E-state index contributed by atoms with van der Waals surface area (Å²) in [6.45, 7) is 7.17. The van der Waals surface area contributed by atoms with Crippen molar-refractivity contribution in [3.63, 3.8) is 0 Å². The van der Waals surface area contributed by atoms with Gasteiger partial charge in [-0.15, -0.1) is 0 Å². The normalized spacial score (nSPS) is 20.9. The van der Waals surface area contributed by atoms with Crippen molar-refractivity contribution in [3.8, 4) is 0 Å². The van der Waals surface area contributed by atoms with Gasteiger partial charge < -0.3 is 15.4 Å². The van der Waals surface area contributed by atoms with Crippen LogP contribution in [-0.4, -0.2) is 38.3 Å². The van der Waals surface area contributed by atoms with Gasteiger partial charge in [0, 0.05) is 13.2 Å². The van der Waals surface area contributed by atoms with Crippen molar-refractivity contribution in [1.82, 2.24) is 10.6 Å². The highest BCUT2D eigenvalue weighted by atomic mass is 16.5. The van der Waals surface area contributed by atoms with E-state index in [-0.39, 0.29) is 11.9 Å². The first kappa shape index (κ1) is 12.5. The number of rotatable bonds is 6. The van der Waals surface area contributed by atoms with Gasteiger partial charge in [-0.05, 0) is 25.3 Å². The van der Waals surface area contributed by atoms with Gasteiger partial charge in [0.2, 0.25) is 5.91 Å². The standard InChI is InChI=1S/C11H22N2O2/c1-9(2)8-15-7-6-13-11(14)10-4-3-5-12-10/h9-10,12H,3-8H2,1-2H3,(H,13,14)/t10-/m1/s1. The summed E-state index contributed by atoms with van der Waals surface area (Å²) in [5.41, 5.74) is 0. The average molecular weight is 214 g/mol. The highest BCUT2D eigenvalue weighted by Crippen LogP contribution is 2.04. The summed E-state index contributed by atoms with van der Waals surface area (Å²) >= 11 is 0. The Morgan fingerprint density at radius 1 is 1.60 bits per heavy atom. The highest BCUT2D eigenvalue weighted by molar-refractivity contribution is 5.81. The summed E-state index contributed by atoms with van der Waals surface area (Å²) in [7, 11) is 0. The van der Waals surface area contributed by atoms with Crippen LogP contribution in [0.2, 0.25) is 0 Å². The van der Waals surface area contributed by atoms with Gasteiger partial charge in [-0.25, -0.2) is 0 Å². The Labute approximate surface area is 91.8 Å². The van der Waals surface area contributed by atoms with Crippen LogP contribution in [0, 0.1) is 5.92 Å². The zero-order chi connectivity index (χ0) is 11.1. The number of hydrogen-bond donors (Lipinski definition) is 2. The second-order valence-electron chi connectivity index (χ2n) is 4.41. The van der Waals surface area contributed by atoms with E-state index in [0.717, 1.165) is 26.0 Å². The van der Waals surface area contributed by atoms with Crippen molar-refractivity contribution < 1.29 is 9.53 Å². The minimum atomic E-state index is 0.0232. The quantitative estimate of drug-likeness (QED) is 0.634. The highest BCUT2D eigenvalue weighted by Gasteiger charge is 2.20. The van der Waals surface area contributed by atoms with Gasteiger partial charge in [-0.2, -0.15) is 0 Å². The van der Waals surface area contributed by atoms with E-state index in [1.54, 1.807) is 0 Å². The first-order valence-corrected chi connectivity index (χ1v) is 5.79. The molecule has 1 fully saturated rings. The lowest BCUT2D eigenvalue weighted by atomic mass is 10.2. The van der Waals surface area contributed by atoms with Crippen molar-refractivity contribution in [2.24, 2.45) is 5.92 Å². The fourth-order valence-electron chi connectivity index (χ4n) is 1.60. The molecule has 1 heterocycles. The van der Waals surface area contributed by atoms with E-state index in [0.29, 0.717) is 19.1 Å². The molecule has 4 nitrogen and oxygen atoms in total. The smallest absolute Gasteiger partial charge is 0.237 e. The van der Waals surface area contributed by atoms with Crippen LogP contribution in [0.5, 0.6) is 0 Å². The molecule has 1 amide bonds. The maximum atomic E-state index is 11.5. The van der Waals surface area contributed by atoms with Crippen molar-refractivity contribution in [3.05, 3.63) is 0 Å². The first-order valence-electron chi connectivity index (χ1n) is 5.79. The van der Waals surface area contributed by atoms with E-state index in [2.05, 4.69) is 24.5 Å². The average Bonchev–Trinajstić information content (AvgIpc) is 2.69. The Bertz CT molecular complexity index is 189. The molecule has 0 bridgehead atoms.